The zero-order chi connectivity index (χ0) is 11.5. The molecule has 2 N–H and O–H groups in total. The molecule has 0 saturated carbocycles. The lowest BCUT2D eigenvalue weighted by molar-refractivity contribution is -0.119. The van der Waals surface area contributed by atoms with E-state index in [0.717, 1.165) is 17.7 Å². The Balaban J connectivity index is 2.23. The van der Waals surface area contributed by atoms with Crippen molar-refractivity contribution in [2.24, 2.45) is 5.73 Å². The van der Waals surface area contributed by atoms with Crippen LogP contribution in [0.3, 0.4) is 0 Å². The maximum Gasteiger partial charge on any atom is 0.227 e. The van der Waals surface area contributed by atoms with Crippen molar-refractivity contribution in [1.82, 2.24) is 0 Å². The van der Waals surface area contributed by atoms with Crippen LogP contribution in [0, 0.1) is 0 Å². The SMILES string of the molecule is NC(=O)CCN1C(=O)CCc2ccccc21. The van der Waals surface area contributed by atoms with E-state index in [-0.39, 0.29) is 18.2 Å². The van der Waals surface area contributed by atoms with Gasteiger partial charge in [0.25, 0.3) is 0 Å². The van der Waals surface area contributed by atoms with E-state index < -0.39 is 0 Å². The average Bonchev–Trinajstić information content (AvgIpc) is 2.27. The first-order valence-electron chi connectivity index (χ1n) is 5.35. The predicted octanol–water partition coefficient (Wildman–Crippen LogP) is 0.841. The van der Waals surface area contributed by atoms with Crippen molar-refractivity contribution in [3.8, 4) is 0 Å². The van der Waals surface area contributed by atoms with Crippen LogP contribution in [0.5, 0.6) is 0 Å². The molecule has 1 heterocycles. The lowest BCUT2D eigenvalue weighted by Crippen LogP contribution is -2.37. The predicted molar refractivity (Wildman–Crippen MR) is 60.9 cm³/mol. The topological polar surface area (TPSA) is 63.4 Å². The van der Waals surface area contributed by atoms with Crippen LogP contribution in [0.15, 0.2) is 24.3 Å². The Bertz CT molecular complexity index is 429. The normalized spacial score (nSPS) is 14.8. The van der Waals surface area contributed by atoms with Gasteiger partial charge in [-0.05, 0) is 18.1 Å². The minimum atomic E-state index is -0.379. The first-order chi connectivity index (χ1) is 7.68. The molecule has 0 bridgehead atoms. The van der Waals surface area contributed by atoms with Gasteiger partial charge in [0.1, 0.15) is 0 Å². The van der Waals surface area contributed by atoms with Crippen molar-refractivity contribution >= 4 is 17.5 Å². The standard InChI is InChI=1S/C12H14N2O2/c13-11(15)7-8-14-10-4-2-1-3-9(10)5-6-12(14)16/h1-4H,5-8H2,(H2,13,15). The summed E-state index contributed by atoms with van der Waals surface area (Å²) in [6.07, 6.45) is 1.50. The Morgan fingerprint density at radius 3 is 2.81 bits per heavy atom. The third-order valence-corrected chi connectivity index (χ3v) is 2.77. The van der Waals surface area contributed by atoms with Crippen LogP contribution in [0.4, 0.5) is 5.69 Å². The van der Waals surface area contributed by atoms with Crippen LogP contribution < -0.4 is 10.6 Å². The molecule has 0 spiro atoms. The fraction of sp³-hybridized carbons (Fsp3) is 0.333. The van der Waals surface area contributed by atoms with Gasteiger partial charge >= 0.3 is 0 Å². The number of benzene rings is 1. The van der Waals surface area contributed by atoms with Gasteiger partial charge in [-0.15, -0.1) is 0 Å². The van der Waals surface area contributed by atoms with E-state index in [1.807, 2.05) is 24.3 Å². The van der Waals surface area contributed by atoms with Crippen molar-refractivity contribution < 1.29 is 9.59 Å². The quantitative estimate of drug-likeness (QED) is 0.817. The first kappa shape index (κ1) is 10.7. The summed E-state index contributed by atoms with van der Waals surface area (Å²) >= 11 is 0. The number of aryl methyl sites for hydroxylation is 1. The van der Waals surface area contributed by atoms with Crippen molar-refractivity contribution in [1.29, 1.82) is 0 Å². The summed E-state index contributed by atoms with van der Waals surface area (Å²) < 4.78 is 0. The largest absolute Gasteiger partial charge is 0.370 e. The average molecular weight is 218 g/mol. The molecule has 1 aliphatic rings. The molecule has 0 aromatic heterocycles. The van der Waals surface area contributed by atoms with Crippen LogP contribution in [0.1, 0.15) is 18.4 Å². The highest BCUT2D eigenvalue weighted by Crippen LogP contribution is 2.27. The number of carbonyl (C=O) groups is 2. The summed E-state index contributed by atoms with van der Waals surface area (Å²) in [7, 11) is 0. The molecule has 2 rings (SSSR count). The van der Waals surface area contributed by atoms with E-state index >= 15 is 0 Å². The fourth-order valence-corrected chi connectivity index (χ4v) is 1.96. The van der Waals surface area contributed by atoms with Gasteiger partial charge in [-0.3, -0.25) is 9.59 Å². The molecule has 84 valence electrons. The fourth-order valence-electron chi connectivity index (χ4n) is 1.96. The molecule has 1 aliphatic heterocycles. The maximum absolute atomic E-state index is 11.7. The number of fused-ring (bicyclic) bond motifs is 1. The van der Waals surface area contributed by atoms with E-state index in [4.69, 9.17) is 5.73 Å². The first-order valence-corrected chi connectivity index (χ1v) is 5.35. The number of para-hydroxylation sites is 1. The molecule has 4 nitrogen and oxygen atoms in total. The summed E-state index contributed by atoms with van der Waals surface area (Å²) in [6.45, 7) is 0.380. The summed E-state index contributed by atoms with van der Waals surface area (Å²) in [5.74, 6) is -0.309. The van der Waals surface area contributed by atoms with Crippen molar-refractivity contribution in [3.05, 3.63) is 29.8 Å². The highest BCUT2D eigenvalue weighted by molar-refractivity contribution is 5.96. The van der Waals surface area contributed by atoms with E-state index in [9.17, 15) is 9.59 Å². The van der Waals surface area contributed by atoms with E-state index in [0.29, 0.717) is 13.0 Å². The van der Waals surface area contributed by atoms with Gasteiger partial charge in [-0.1, -0.05) is 18.2 Å². The molecular formula is C12H14N2O2. The third kappa shape index (κ3) is 2.05. The summed E-state index contributed by atoms with van der Waals surface area (Å²) in [5.41, 5.74) is 7.17. The Morgan fingerprint density at radius 1 is 1.31 bits per heavy atom. The van der Waals surface area contributed by atoms with Crippen LogP contribution in [0.2, 0.25) is 0 Å². The van der Waals surface area contributed by atoms with Crippen LogP contribution in [-0.2, 0) is 16.0 Å². The molecular weight excluding hydrogens is 204 g/mol. The Morgan fingerprint density at radius 2 is 2.06 bits per heavy atom. The lowest BCUT2D eigenvalue weighted by atomic mass is 10.0. The number of nitrogens with zero attached hydrogens (tertiary/aromatic N) is 1. The maximum atomic E-state index is 11.7. The number of hydrogen-bond donors (Lipinski definition) is 1. The van der Waals surface area contributed by atoms with Crippen molar-refractivity contribution in [3.63, 3.8) is 0 Å². The zero-order valence-electron chi connectivity index (χ0n) is 8.98. The molecule has 0 aliphatic carbocycles. The van der Waals surface area contributed by atoms with Gasteiger partial charge in [0.2, 0.25) is 11.8 Å². The van der Waals surface area contributed by atoms with Gasteiger partial charge in [-0.2, -0.15) is 0 Å². The molecule has 0 saturated heterocycles. The molecule has 0 unspecified atom stereocenters. The van der Waals surface area contributed by atoms with Crippen LogP contribution >= 0.6 is 0 Å². The molecule has 1 aromatic rings. The highest BCUT2D eigenvalue weighted by Gasteiger charge is 2.23. The second-order valence-corrected chi connectivity index (χ2v) is 3.89. The van der Waals surface area contributed by atoms with E-state index in [1.165, 1.54) is 0 Å². The molecule has 0 atom stereocenters. The second kappa shape index (κ2) is 4.35. The summed E-state index contributed by atoms with van der Waals surface area (Å²) in [4.78, 5) is 24.1. The number of hydrogen-bond acceptors (Lipinski definition) is 2. The van der Waals surface area contributed by atoms with Gasteiger partial charge in [0.15, 0.2) is 0 Å². The second-order valence-electron chi connectivity index (χ2n) is 3.89. The molecule has 0 radical (unpaired) electrons. The minimum absolute atomic E-state index is 0.0694. The zero-order valence-corrected chi connectivity index (χ0v) is 8.98. The third-order valence-electron chi connectivity index (χ3n) is 2.77. The number of nitrogens with two attached hydrogens (primary N) is 1. The number of amides is 2. The molecule has 0 fully saturated rings. The number of anilines is 1. The lowest BCUT2D eigenvalue weighted by Gasteiger charge is -2.28. The van der Waals surface area contributed by atoms with E-state index in [2.05, 4.69) is 0 Å². The molecule has 4 heteroatoms. The number of carbonyl (C=O) groups excluding carboxylic acids is 2. The summed E-state index contributed by atoms with van der Waals surface area (Å²) in [6, 6.07) is 7.78. The smallest absolute Gasteiger partial charge is 0.227 e. The molecule has 2 amide bonds. The van der Waals surface area contributed by atoms with Gasteiger partial charge in [0, 0.05) is 25.1 Å². The van der Waals surface area contributed by atoms with Crippen LogP contribution in [-0.4, -0.2) is 18.4 Å². The van der Waals surface area contributed by atoms with Crippen molar-refractivity contribution in [2.75, 3.05) is 11.4 Å². The number of rotatable bonds is 3. The molecule has 16 heavy (non-hydrogen) atoms. The van der Waals surface area contributed by atoms with Crippen LogP contribution in [0.25, 0.3) is 0 Å². The Labute approximate surface area is 94.0 Å². The summed E-state index contributed by atoms with van der Waals surface area (Å²) in [5, 5.41) is 0. The van der Waals surface area contributed by atoms with Gasteiger partial charge in [0.05, 0.1) is 0 Å². The Hall–Kier alpha value is -1.84. The Kier molecular flexibility index (Phi) is 2.90. The van der Waals surface area contributed by atoms with Gasteiger partial charge in [-0.25, -0.2) is 0 Å². The monoisotopic (exact) mass is 218 g/mol. The minimum Gasteiger partial charge on any atom is -0.370 e. The van der Waals surface area contributed by atoms with Crippen molar-refractivity contribution in [2.45, 2.75) is 19.3 Å². The highest BCUT2D eigenvalue weighted by atomic mass is 16.2. The number of primary amides is 1. The van der Waals surface area contributed by atoms with Gasteiger partial charge < -0.3 is 10.6 Å². The molecule has 1 aromatic carbocycles. The van der Waals surface area contributed by atoms with E-state index in [1.54, 1.807) is 4.90 Å².